The molecule has 0 heterocycles. The fraction of sp³-hybridized carbons (Fsp3) is 0.533. The van der Waals surface area contributed by atoms with Gasteiger partial charge in [0.15, 0.2) is 0 Å². The summed E-state index contributed by atoms with van der Waals surface area (Å²) < 4.78 is 18.2. The highest BCUT2D eigenvalue weighted by Gasteiger charge is 2.20. The molecular formula is C15H21FN2O2. The fourth-order valence-corrected chi connectivity index (χ4v) is 1.82. The Morgan fingerprint density at radius 3 is 2.75 bits per heavy atom. The molecule has 2 rings (SSSR count). The van der Waals surface area contributed by atoms with E-state index in [-0.39, 0.29) is 11.7 Å². The maximum absolute atomic E-state index is 12.7. The van der Waals surface area contributed by atoms with Crippen LogP contribution in [0.2, 0.25) is 0 Å². The van der Waals surface area contributed by atoms with Crippen LogP contribution in [0.1, 0.15) is 19.3 Å². The molecular weight excluding hydrogens is 259 g/mol. The van der Waals surface area contributed by atoms with Gasteiger partial charge in [0.1, 0.15) is 18.2 Å². The number of carbonyl (C=O) groups excluding carboxylic acids is 1. The van der Waals surface area contributed by atoms with Crippen molar-refractivity contribution < 1.29 is 13.9 Å². The molecule has 0 aliphatic heterocycles. The van der Waals surface area contributed by atoms with Crippen LogP contribution in [0.4, 0.5) is 4.39 Å². The summed E-state index contributed by atoms with van der Waals surface area (Å²) in [6.07, 6.45) is 2.98. The number of hydrogen-bond donors (Lipinski definition) is 1. The van der Waals surface area contributed by atoms with Crippen LogP contribution >= 0.6 is 0 Å². The lowest BCUT2D eigenvalue weighted by molar-refractivity contribution is -0.130. The van der Waals surface area contributed by atoms with Crippen molar-refractivity contribution in [3.63, 3.8) is 0 Å². The Bertz CT molecular complexity index is 432. The van der Waals surface area contributed by atoms with E-state index in [0.717, 1.165) is 6.54 Å². The Labute approximate surface area is 118 Å². The van der Waals surface area contributed by atoms with Gasteiger partial charge in [-0.1, -0.05) is 0 Å². The molecule has 110 valence electrons. The van der Waals surface area contributed by atoms with Crippen molar-refractivity contribution in [1.29, 1.82) is 0 Å². The summed E-state index contributed by atoms with van der Waals surface area (Å²) >= 11 is 0. The van der Waals surface area contributed by atoms with Gasteiger partial charge in [-0.15, -0.1) is 0 Å². The highest BCUT2D eigenvalue weighted by Crippen LogP contribution is 2.18. The third-order valence-electron chi connectivity index (χ3n) is 3.28. The molecule has 0 aromatic heterocycles. The third kappa shape index (κ3) is 5.17. The molecule has 1 fully saturated rings. The van der Waals surface area contributed by atoms with Gasteiger partial charge in [-0.2, -0.15) is 0 Å². The maximum Gasteiger partial charge on any atom is 0.223 e. The van der Waals surface area contributed by atoms with Crippen LogP contribution in [0.15, 0.2) is 24.3 Å². The van der Waals surface area contributed by atoms with Crippen LogP contribution in [0.3, 0.4) is 0 Å². The van der Waals surface area contributed by atoms with Crippen LogP contribution in [0.5, 0.6) is 5.75 Å². The van der Waals surface area contributed by atoms with Gasteiger partial charge in [0.2, 0.25) is 5.91 Å². The summed E-state index contributed by atoms with van der Waals surface area (Å²) in [5.74, 6) is 0.441. The molecule has 4 nitrogen and oxygen atoms in total. The van der Waals surface area contributed by atoms with Crippen molar-refractivity contribution in [1.82, 2.24) is 10.2 Å². The molecule has 0 radical (unpaired) electrons. The van der Waals surface area contributed by atoms with Gasteiger partial charge in [0, 0.05) is 26.1 Å². The predicted octanol–water partition coefficient (Wildman–Crippen LogP) is 1.80. The highest BCUT2D eigenvalue weighted by atomic mass is 19.1. The van der Waals surface area contributed by atoms with Crippen molar-refractivity contribution >= 4 is 5.91 Å². The zero-order valence-corrected chi connectivity index (χ0v) is 11.8. The van der Waals surface area contributed by atoms with E-state index in [1.54, 1.807) is 24.1 Å². The molecule has 1 N–H and O–H groups in total. The molecule has 1 aromatic rings. The number of nitrogens with zero attached hydrogens (tertiary/aromatic N) is 1. The summed E-state index contributed by atoms with van der Waals surface area (Å²) in [5, 5.41) is 3.32. The van der Waals surface area contributed by atoms with E-state index in [1.807, 2.05) is 0 Å². The van der Waals surface area contributed by atoms with Crippen molar-refractivity contribution in [2.45, 2.75) is 25.3 Å². The van der Waals surface area contributed by atoms with Crippen LogP contribution in [-0.4, -0.2) is 43.6 Å². The summed E-state index contributed by atoms with van der Waals surface area (Å²) in [6, 6.07) is 6.50. The van der Waals surface area contributed by atoms with Gasteiger partial charge in [0.05, 0.1) is 6.54 Å². The minimum Gasteiger partial charge on any atom is -0.492 e. The second-order valence-electron chi connectivity index (χ2n) is 5.10. The lowest BCUT2D eigenvalue weighted by Crippen LogP contribution is -2.33. The van der Waals surface area contributed by atoms with Crippen LogP contribution < -0.4 is 10.1 Å². The Balaban J connectivity index is 1.59. The molecule has 1 aliphatic rings. The lowest BCUT2D eigenvalue weighted by atomic mass is 10.3. The van der Waals surface area contributed by atoms with Crippen LogP contribution in [-0.2, 0) is 4.79 Å². The summed E-state index contributed by atoms with van der Waals surface area (Å²) in [6.45, 7) is 1.68. The number of halogens is 1. The largest absolute Gasteiger partial charge is 0.492 e. The van der Waals surface area contributed by atoms with E-state index in [2.05, 4.69) is 5.32 Å². The van der Waals surface area contributed by atoms with Gasteiger partial charge < -0.3 is 15.0 Å². The summed E-state index contributed by atoms with van der Waals surface area (Å²) in [7, 11) is 1.77. The van der Waals surface area contributed by atoms with Crippen LogP contribution in [0, 0.1) is 5.82 Å². The van der Waals surface area contributed by atoms with E-state index < -0.39 is 0 Å². The van der Waals surface area contributed by atoms with E-state index in [9.17, 15) is 9.18 Å². The zero-order valence-electron chi connectivity index (χ0n) is 11.8. The number of hydrogen-bond acceptors (Lipinski definition) is 3. The molecule has 1 aromatic carbocycles. The lowest BCUT2D eigenvalue weighted by Gasteiger charge is -2.17. The van der Waals surface area contributed by atoms with Gasteiger partial charge in [0.25, 0.3) is 0 Å². The molecule has 1 saturated carbocycles. The monoisotopic (exact) mass is 280 g/mol. The highest BCUT2D eigenvalue weighted by molar-refractivity contribution is 5.76. The number of amides is 1. The SMILES string of the molecule is CN(CCOc1ccc(F)cc1)C(=O)CCNC1CC1. The van der Waals surface area contributed by atoms with E-state index in [4.69, 9.17) is 4.74 Å². The number of ether oxygens (including phenoxy) is 1. The minimum absolute atomic E-state index is 0.112. The number of benzene rings is 1. The van der Waals surface area contributed by atoms with Gasteiger partial charge in [-0.05, 0) is 37.1 Å². The number of nitrogens with one attached hydrogen (secondary N) is 1. The minimum atomic E-state index is -0.284. The van der Waals surface area contributed by atoms with Crippen molar-refractivity contribution in [2.75, 3.05) is 26.7 Å². The number of likely N-dealkylation sites (N-methyl/N-ethyl adjacent to an activating group) is 1. The fourth-order valence-electron chi connectivity index (χ4n) is 1.82. The third-order valence-corrected chi connectivity index (χ3v) is 3.28. The van der Waals surface area contributed by atoms with Crippen molar-refractivity contribution in [3.05, 3.63) is 30.1 Å². The average molecular weight is 280 g/mol. The molecule has 5 heteroatoms. The van der Waals surface area contributed by atoms with E-state index in [0.29, 0.717) is 31.4 Å². The molecule has 1 amide bonds. The molecule has 0 saturated heterocycles. The van der Waals surface area contributed by atoms with E-state index in [1.165, 1.54) is 25.0 Å². The molecule has 0 atom stereocenters. The van der Waals surface area contributed by atoms with Gasteiger partial charge >= 0.3 is 0 Å². The van der Waals surface area contributed by atoms with Crippen LogP contribution in [0.25, 0.3) is 0 Å². The van der Waals surface area contributed by atoms with E-state index >= 15 is 0 Å². The first-order valence-corrected chi connectivity index (χ1v) is 7.01. The molecule has 1 aliphatic carbocycles. The average Bonchev–Trinajstić information content (AvgIpc) is 3.25. The zero-order chi connectivity index (χ0) is 14.4. The Kier molecular flexibility index (Phi) is 5.35. The maximum atomic E-state index is 12.7. The van der Waals surface area contributed by atoms with Crippen molar-refractivity contribution in [3.8, 4) is 5.75 Å². The molecule has 20 heavy (non-hydrogen) atoms. The first-order valence-electron chi connectivity index (χ1n) is 7.01. The number of rotatable bonds is 8. The standard InChI is InChI=1S/C15H21FN2O2/c1-18(15(19)8-9-17-13-4-5-13)10-11-20-14-6-2-12(16)3-7-14/h2-3,6-7,13,17H,4-5,8-11H2,1H3. The van der Waals surface area contributed by atoms with Crippen molar-refractivity contribution in [2.24, 2.45) is 0 Å². The Morgan fingerprint density at radius 2 is 2.10 bits per heavy atom. The summed E-state index contributed by atoms with van der Waals surface area (Å²) in [5.41, 5.74) is 0. The topological polar surface area (TPSA) is 41.6 Å². The molecule has 0 bridgehead atoms. The normalized spacial score (nSPS) is 14.1. The Morgan fingerprint density at radius 1 is 1.40 bits per heavy atom. The Hall–Kier alpha value is -1.62. The van der Waals surface area contributed by atoms with Gasteiger partial charge in [-0.25, -0.2) is 4.39 Å². The molecule has 0 spiro atoms. The number of carbonyl (C=O) groups is 1. The molecule has 0 unspecified atom stereocenters. The summed E-state index contributed by atoms with van der Waals surface area (Å²) in [4.78, 5) is 13.5. The predicted molar refractivity (Wildman–Crippen MR) is 75.2 cm³/mol. The first-order chi connectivity index (χ1) is 9.65. The van der Waals surface area contributed by atoms with Gasteiger partial charge in [-0.3, -0.25) is 4.79 Å². The smallest absolute Gasteiger partial charge is 0.223 e. The first kappa shape index (κ1) is 14.8. The second-order valence-corrected chi connectivity index (χ2v) is 5.10. The second kappa shape index (κ2) is 7.24. The quantitative estimate of drug-likeness (QED) is 0.789.